The zero-order valence-electron chi connectivity index (χ0n) is 10.2. The van der Waals surface area contributed by atoms with Gasteiger partial charge in [-0.05, 0) is 19.3 Å². The van der Waals surface area contributed by atoms with Gasteiger partial charge in [0, 0.05) is 25.5 Å². The van der Waals surface area contributed by atoms with E-state index < -0.39 is 17.5 Å². The summed E-state index contributed by atoms with van der Waals surface area (Å²) in [4.78, 5) is 22.7. The van der Waals surface area contributed by atoms with Gasteiger partial charge in [-0.15, -0.1) is 0 Å². The van der Waals surface area contributed by atoms with Gasteiger partial charge in [0.05, 0.1) is 12.5 Å². The molecule has 1 aliphatic carbocycles. The van der Waals surface area contributed by atoms with Crippen molar-refractivity contribution >= 4 is 11.9 Å². The molecule has 0 aromatic carbocycles. The lowest BCUT2D eigenvalue weighted by atomic mass is 10.0. The van der Waals surface area contributed by atoms with Crippen molar-refractivity contribution in [2.24, 2.45) is 11.8 Å². The fourth-order valence-electron chi connectivity index (χ4n) is 2.58. The summed E-state index contributed by atoms with van der Waals surface area (Å²) in [6.07, 6.45) is 2.09. The second-order valence-electron chi connectivity index (χ2n) is 5.29. The zero-order chi connectivity index (χ0) is 13.2. The van der Waals surface area contributed by atoms with E-state index in [9.17, 15) is 14.7 Å². The van der Waals surface area contributed by atoms with E-state index in [0.717, 1.165) is 0 Å². The van der Waals surface area contributed by atoms with Crippen molar-refractivity contribution in [1.29, 1.82) is 0 Å². The molecule has 0 bridgehead atoms. The van der Waals surface area contributed by atoms with E-state index in [1.807, 2.05) is 0 Å². The first-order valence-electron chi connectivity index (χ1n) is 6.31. The lowest BCUT2D eigenvalue weighted by Gasteiger charge is -2.21. The molecule has 0 aromatic rings. The maximum Gasteiger partial charge on any atom is 0.306 e. The molecule has 0 aromatic heterocycles. The van der Waals surface area contributed by atoms with Crippen molar-refractivity contribution in [3.05, 3.63) is 0 Å². The molecule has 3 N–H and O–H groups in total. The van der Waals surface area contributed by atoms with Crippen LogP contribution in [0, 0.1) is 11.8 Å². The van der Waals surface area contributed by atoms with Crippen LogP contribution >= 0.6 is 0 Å². The van der Waals surface area contributed by atoms with Crippen molar-refractivity contribution in [1.82, 2.24) is 5.32 Å². The predicted molar refractivity (Wildman–Crippen MR) is 61.9 cm³/mol. The van der Waals surface area contributed by atoms with Crippen LogP contribution in [0.5, 0.6) is 0 Å². The Morgan fingerprint density at radius 3 is 2.61 bits per heavy atom. The molecule has 2 aliphatic rings. The molecule has 1 amide bonds. The molecule has 3 atom stereocenters. The van der Waals surface area contributed by atoms with Gasteiger partial charge in [-0.2, -0.15) is 0 Å². The Bertz CT molecular complexity index is 337. The minimum Gasteiger partial charge on any atom is -0.481 e. The van der Waals surface area contributed by atoms with Gasteiger partial charge in [0.15, 0.2) is 0 Å². The fourth-order valence-corrected chi connectivity index (χ4v) is 2.58. The first kappa shape index (κ1) is 13.3. The highest BCUT2D eigenvalue weighted by molar-refractivity contribution is 5.80. The fraction of sp³-hybridized carbons (Fsp3) is 0.833. The van der Waals surface area contributed by atoms with E-state index in [0.29, 0.717) is 32.3 Å². The van der Waals surface area contributed by atoms with Crippen LogP contribution in [0.3, 0.4) is 0 Å². The molecule has 6 heteroatoms. The molecule has 1 aliphatic heterocycles. The van der Waals surface area contributed by atoms with Crippen LogP contribution in [-0.2, 0) is 14.3 Å². The molecule has 1 saturated heterocycles. The summed E-state index contributed by atoms with van der Waals surface area (Å²) in [5, 5.41) is 21.6. The van der Waals surface area contributed by atoms with E-state index in [2.05, 4.69) is 5.32 Å². The zero-order valence-corrected chi connectivity index (χ0v) is 10.2. The normalized spacial score (nSPS) is 35.6. The van der Waals surface area contributed by atoms with Crippen LogP contribution in [0.1, 0.15) is 25.7 Å². The van der Waals surface area contributed by atoms with Gasteiger partial charge in [-0.25, -0.2) is 0 Å². The van der Waals surface area contributed by atoms with Gasteiger partial charge in [-0.1, -0.05) is 0 Å². The summed E-state index contributed by atoms with van der Waals surface area (Å²) in [6, 6.07) is 0. The highest BCUT2D eigenvalue weighted by Gasteiger charge is 2.36. The van der Waals surface area contributed by atoms with Crippen molar-refractivity contribution in [2.45, 2.75) is 31.3 Å². The number of carbonyl (C=O) groups is 2. The van der Waals surface area contributed by atoms with Crippen molar-refractivity contribution in [3.8, 4) is 0 Å². The second-order valence-corrected chi connectivity index (χ2v) is 5.29. The van der Waals surface area contributed by atoms with Crippen LogP contribution in [-0.4, -0.2) is 47.4 Å². The van der Waals surface area contributed by atoms with E-state index >= 15 is 0 Å². The first-order chi connectivity index (χ1) is 8.50. The summed E-state index contributed by atoms with van der Waals surface area (Å²) >= 11 is 0. The monoisotopic (exact) mass is 257 g/mol. The summed E-state index contributed by atoms with van der Waals surface area (Å²) < 4.78 is 5.09. The molecule has 2 fully saturated rings. The van der Waals surface area contributed by atoms with E-state index in [-0.39, 0.29) is 25.0 Å². The number of ether oxygens (including phenoxy) is 1. The van der Waals surface area contributed by atoms with Gasteiger partial charge >= 0.3 is 5.97 Å². The molecule has 6 nitrogen and oxygen atoms in total. The van der Waals surface area contributed by atoms with Gasteiger partial charge < -0.3 is 20.3 Å². The summed E-state index contributed by atoms with van der Waals surface area (Å²) in [5.74, 6) is -1.62. The minimum atomic E-state index is -0.958. The highest BCUT2D eigenvalue weighted by atomic mass is 16.5. The topological polar surface area (TPSA) is 95.9 Å². The van der Waals surface area contributed by atoms with Gasteiger partial charge in [0.2, 0.25) is 5.91 Å². The smallest absolute Gasteiger partial charge is 0.306 e. The molecule has 1 saturated carbocycles. The van der Waals surface area contributed by atoms with Gasteiger partial charge in [0.25, 0.3) is 0 Å². The average molecular weight is 257 g/mol. The molecule has 102 valence electrons. The molecular formula is C12H19NO5. The lowest BCUT2D eigenvalue weighted by molar-refractivity contribution is -0.141. The largest absolute Gasteiger partial charge is 0.481 e. The van der Waals surface area contributed by atoms with Crippen molar-refractivity contribution < 1.29 is 24.5 Å². The average Bonchev–Trinajstić information content (AvgIpc) is 2.95. The third kappa shape index (κ3) is 3.00. The molecule has 1 heterocycles. The first-order valence-corrected chi connectivity index (χ1v) is 6.31. The second kappa shape index (κ2) is 5.24. The van der Waals surface area contributed by atoms with Crippen molar-refractivity contribution in [2.75, 3.05) is 19.8 Å². The lowest BCUT2D eigenvalue weighted by Crippen LogP contribution is -2.44. The third-order valence-corrected chi connectivity index (χ3v) is 3.83. The number of aliphatic hydroxyl groups is 1. The Balaban J connectivity index is 1.77. The number of amides is 1. The Kier molecular flexibility index (Phi) is 3.87. The number of carbonyl (C=O) groups excluding carboxylic acids is 1. The molecular weight excluding hydrogens is 238 g/mol. The van der Waals surface area contributed by atoms with Crippen LogP contribution in [0.2, 0.25) is 0 Å². The Hall–Kier alpha value is -1.14. The Morgan fingerprint density at radius 1 is 1.33 bits per heavy atom. The third-order valence-electron chi connectivity index (χ3n) is 3.83. The number of nitrogens with one attached hydrogen (secondary N) is 1. The number of carboxylic acid groups (broad SMARTS) is 1. The standard InChI is InChI=1S/C12H19NO5/c14-10(8-1-2-9(5-8)11(15)16)13-6-12(17)3-4-18-7-12/h8-9,17H,1-7H2,(H,13,14)(H,15,16)/t8-,9+,12?/m1/s1. The predicted octanol–water partition coefficient (Wildman–Crippen LogP) is -0.245. The quantitative estimate of drug-likeness (QED) is 0.645. The summed E-state index contributed by atoms with van der Waals surface area (Å²) in [7, 11) is 0. The number of rotatable bonds is 4. The van der Waals surface area contributed by atoms with E-state index in [4.69, 9.17) is 9.84 Å². The molecule has 2 rings (SSSR count). The van der Waals surface area contributed by atoms with E-state index in [1.165, 1.54) is 0 Å². The van der Waals surface area contributed by atoms with Crippen LogP contribution in [0.15, 0.2) is 0 Å². The molecule has 18 heavy (non-hydrogen) atoms. The van der Waals surface area contributed by atoms with Gasteiger partial charge in [0.1, 0.15) is 5.60 Å². The van der Waals surface area contributed by atoms with Crippen LogP contribution < -0.4 is 5.32 Å². The van der Waals surface area contributed by atoms with E-state index in [1.54, 1.807) is 0 Å². The van der Waals surface area contributed by atoms with Crippen LogP contribution in [0.25, 0.3) is 0 Å². The minimum absolute atomic E-state index is 0.154. The maximum absolute atomic E-state index is 11.9. The molecule has 0 radical (unpaired) electrons. The highest BCUT2D eigenvalue weighted by Crippen LogP contribution is 2.31. The summed E-state index contributed by atoms with van der Waals surface area (Å²) in [6.45, 7) is 0.937. The number of aliphatic carboxylic acids is 1. The molecule has 1 unspecified atom stereocenters. The number of hydrogen-bond acceptors (Lipinski definition) is 4. The SMILES string of the molecule is O=C(O)[C@H]1CC[C@@H](C(=O)NCC2(O)CCOC2)C1. The summed E-state index contributed by atoms with van der Waals surface area (Å²) in [5.41, 5.74) is -0.958. The Morgan fingerprint density at radius 2 is 2.06 bits per heavy atom. The Labute approximate surface area is 105 Å². The number of hydrogen-bond donors (Lipinski definition) is 3. The number of carboxylic acids is 1. The molecule has 0 spiro atoms. The van der Waals surface area contributed by atoms with Crippen molar-refractivity contribution in [3.63, 3.8) is 0 Å². The van der Waals surface area contributed by atoms with Gasteiger partial charge in [-0.3, -0.25) is 9.59 Å². The van der Waals surface area contributed by atoms with Crippen LogP contribution in [0.4, 0.5) is 0 Å². The maximum atomic E-state index is 11.9.